The van der Waals surface area contributed by atoms with Crippen molar-refractivity contribution in [1.29, 1.82) is 0 Å². The summed E-state index contributed by atoms with van der Waals surface area (Å²) in [5.74, 6) is -0.755. The molecule has 0 bridgehead atoms. The Morgan fingerprint density at radius 2 is 2.05 bits per heavy atom. The zero-order chi connectivity index (χ0) is 15.9. The van der Waals surface area contributed by atoms with Crippen molar-refractivity contribution < 1.29 is 22.5 Å². The second kappa shape index (κ2) is 5.27. The molecule has 0 saturated carbocycles. The van der Waals surface area contributed by atoms with Crippen molar-refractivity contribution in [1.82, 2.24) is 0 Å². The van der Waals surface area contributed by atoms with Gasteiger partial charge in [-0.3, -0.25) is 4.72 Å². The van der Waals surface area contributed by atoms with Gasteiger partial charge in [0, 0.05) is 0 Å². The van der Waals surface area contributed by atoms with E-state index in [1.54, 1.807) is 6.07 Å². The lowest BCUT2D eigenvalue weighted by Gasteiger charge is -2.12. The fourth-order valence-corrected chi connectivity index (χ4v) is 3.44. The number of nitrogens with one attached hydrogen (secondary N) is 1. The summed E-state index contributed by atoms with van der Waals surface area (Å²) in [5, 5.41) is 9.61. The van der Waals surface area contributed by atoms with Gasteiger partial charge in [0.15, 0.2) is 0 Å². The minimum absolute atomic E-state index is 0.0555. The van der Waals surface area contributed by atoms with Crippen LogP contribution in [0, 0.1) is 5.82 Å². The summed E-state index contributed by atoms with van der Waals surface area (Å²) in [6.45, 7) is 0.0755. The maximum atomic E-state index is 14.0. The van der Waals surface area contributed by atoms with Gasteiger partial charge in [-0.05, 0) is 35.3 Å². The van der Waals surface area contributed by atoms with E-state index in [-0.39, 0.29) is 22.9 Å². The minimum atomic E-state index is -4.04. The fraction of sp³-hybridized carbons (Fsp3) is 0.0769. The van der Waals surface area contributed by atoms with E-state index >= 15 is 0 Å². The normalized spacial score (nSPS) is 14.0. The van der Waals surface area contributed by atoms with Crippen molar-refractivity contribution in [2.45, 2.75) is 11.5 Å². The SMILES string of the molecule is Nc1ccccc1S(=O)(=O)Nc1cc2c(cc1F)COB2O. The Kier molecular flexibility index (Phi) is 3.55. The molecule has 0 saturated heterocycles. The number of nitrogen functional groups attached to an aromatic ring is 1. The molecular weight excluding hydrogens is 310 g/mol. The molecule has 3 rings (SSSR count). The first kappa shape index (κ1) is 14.8. The molecular formula is C13H12BFN2O4S. The van der Waals surface area contributed by atoms with Crippen LogP contribution in [0.1, 0.15) is 5.56 Å². The molecule has 0 unspecified atom stereocenters. The van der Waals surface area contributed by atoms with Gasteiger partial charge in [0.05, 0.1) is 18.0 Å². The van der Waals surface area contributed by atoms with E-state index in [9.17, 15) is 17.8 Å². The third kappa shape index (κ3) is 2.54. The number of sulfonamides is 1. The molecule has 2 aromatic rings. The van der Waals surface area contributed by atoms with Crippen LogP contribution in [-0.2, 0) is 21.3 Å². The van der Waals surface area contributed by atoms with Crippen LogP contribution in [0.4, 0.5) is 15.8 Å². The molecule has 0 fully saturated rings. The zero-order valence-corrected chi connectivity index (χ0v) is 12.1. The number of nitrogens with two attached hydrogens (primary N) is 1. The summed E-state index contributed by atoms with van der Waals surface area (Å²) in [4.78, 5) is -0.147. The summed E-state index contributed by atoms with van der Waals surface area (Å²) in [6.07, 6.45) is 0. The van der Waals surface area contributed by atoms with Crippen LogP contribution in [0.2, 0.25) is 0 Å². The van der Waals surface area contributed by atoms with Gasteiger partial charge in [0.2, 0.25) is 0 Å². The molecule has 22 heavy (non-hydrogen) atoms. The summed E-state index contributed by atoms with van der Waals surface area (Å²) in [6, 6.07) is 8.22. The average Bonchev–Trinajstić information content (AvgIpc) is 2.80. The van der Waals surface area contributed by atoms with Crippen molar-refractivity contribution >= 4 is 34.0 Å². The number of para-hydroxylation sites is 1. The zero-order valence-electron chi connectivity index (χ0n) is 11.3. The van der Waals surface area contributed by atoms with E-state index in [0.29, 0.717) is 11.0 Å². The first-order valence-corrected chi connectivity index (χ1v) is 7.86. The molecule has 0 radical (unpaired) electrons. The van der Waals surface area contributed by atoms with Crippen LogP contribution >= 0.6 is 0 Å². The predicted octanol–water partition coefficient (Wildman–Crippen LogP) is 0.426. The highest BCUT2D eigenvalue weighted by molar-refractivity contribution is 7.92. The van der Waals surface area contributed by atoms with Gasteiger partial charge in [-0.1, -0.05) is 12.1 Å². The third-order valence-electron chi connectivity index (χ3n) is 3.34. The lowest BCUT2D eigenvalue weighted by atomic mass is 9.79. The van der Waals surface area contributed by atoms with Gasteiger partial charge >= 0.3 is 7.12 Å². The van der Waals surface area contributed by atoms with Gasteiger partial charge in [0.25, 0.3) is 10.0 Å². The molecule has 9 heteroatoms. The van der Waals surface area contributed by atoms with E-state index in [1.165, 1.54) is 24.3 Å². The second-order valence-electron chi connectivity index (χ2n) is 4.84. The molecule has 0 amide bonds. The number of hydrogen-bond donors (Lipinski definition) is 3. The molecule has 0 aromatic heterocycles. The first-order valence-electron chi connectivity index (χ1n) is 6.38. The summed E-state index contributed by atoms with van der Waals surface area (Å²) >= 11 is 0. The van der Waals surface area contributed by atoms with Gasteiger partial charge in [-0.25, -0.2) is 12.8 Å². The standard InChI is InChI=1S/C13H12BFN2O4S/c15-10-5-8-7-21-14(18)9(8)6-12(10)17-22(19,20)13-4-2-1-3-11(13)16/h1-6,17-18H,7,16H2. The number of fused-ring (bicyclic) bond motifs is 1. The number of halogens is 1. The molecule has 1 heterocycles. The van der Waals surface area contributed by atoms with Crippen molar-refractivity contribution in [3.8, 4) is 0 Å². The van der Waals surface area contributed by atoms with Crippen molar-refractivity contribution in [3.05, 3.63) is 47.8 Å². The highest BCUT2D eigenvalue weighted by Crippen LogP contribution is 2.24. The van der Waals surface area contributed by atoms with E-state index in [4.69, 9.17) is 10.4 Å². The number of benzene rings is 2. The smallest absolute Gasteiger partial charge is 0.423 e. The molecule has 0 spiro atoms. The molecule has 1 aliphatic heterocycles. The van der Waals surface area contributed by atoms with Crippen LogP contribution < -0.4 is 15.9 Å². The Balaban J connectivity index is 2.00. The Morgan fingerprint density at radius 3 is 2.77 bits per heavy atom. The van der Waals surface area contributed by atoms with Crippen LogP contribution in [0.5, 0.6) is 0 Å². The molecule has 4 N–H and O–H groups in total. The lowest BCUT2D eigenvalue weighted by molar-refractivity contribution is 0.275. The van der Waals surface area contributed by atoms with Gasteiger partial charge in [-0.2, -0.15) is 0 Å². The van der Waals surface area contributed by atoms with Crippen molar-refractivity contribution in [2.75, 3.05) is 10.5 Å². The number of rotatable bonds is 3. The van der Waals surface area contributed by atoms with Crippen LogP contribution in [0.15, 0.2) is 41.3 Å². The molecule has 6 nitrogen and oxygen atoms in total. The third-order valence-corrected chi connectivity index (χ3v) is 4.78. The quantitative estimate of drug-likeness (QED) is 0.562. The average molecular weight is 322 g/mol. The Labute approximate surface area is 126 Å². The molecule has 0 aliphatic carbocycles. The van der Waals surface area contributed by atoms with Gasteiger partial charge in [0.1, 0.15) is 10.7 Å². The van der Waals surface area contributed by atoms with Crippen LogP contribution in [0.25, 0.3) is 0 Å². The van der Waals surface area contributed by atoms with E-state index in [1.807, 2.05) is 0 Å². The van der Waals surface area contributed by atoms with Crippen LogP contribution in [0.3, 0.4) is 0 Å². The monoisotopic (exact) mass is 322 g/mol. The molecule has 2 aromatic carbocycles. The largest absolute Gasteiger partial charge is 0.491 e. The maximum absolute atomic E-state index is 14.0. The lowest BCUT2D eigenvalue weighted by Crippen LogP contribution is -2.29. The Morgan fingerprint density at radius 1 is 1.32 bits per heavy atom. The minimum Gasteiger partial charge on any atom is -0.423 e. The Hall–Kier alpha value is -2.10. The first-order chi connectivity index (χ1) is 10.4. The predicted molar refractivity (Wildman–Crippen MR) is 80.5 cm³/mol. The van der Waals surface area contributed by atoms with Crippen LogP contribution in [-0.4, -0.2) is 20.6 Å². The molecule has 1 aliphatic rings. The molecule has 0 atom stereocenters. The van der Waals surface area contributed by atoms with Gasteiger partial charge < -0.3 is 15.4 Å². The maximum Gasteiger partial charge on any atom is 0.491 e. The van der Waals surface area contributed by atoms with E-state index in [2.05, 4.69) is 4.72 Å². The number of anilines is 2. The highest BCUT2D eigenvalue weighted by Gasteiger charge is 2.30. The van der Waals surface area contributed by atoms with E-state index < -0.39 is 23.0 Å². The van der Waals surface area contributed by atoms with Crippen molar-refractivity contribution in [3.63, 3.8) is 0 Å². The fourth-order valence-electron chi connectivity index (χ4n) is 2.25. The summed E-state index contributed by atoms with van der Waals surface area (Å²) < 4.78 is 45.7. The summed E-state index contributed by atoms with van der Waals surface area (Å²) in [5.41, 5.74) is 6.23. The Bertz CT molecular complexity index is 844. The number of hydrogen-bond acceptors (Lipinski definition) is 5. The summed E-state index contributed by atoms with van der Waals surface area (Å²) in [7, 11) is -5.23. The second-order valence-corrected chi connectivity index (χ2v) is 6.49. The van der Waals surface area contributed by atoms with Gasteiger partial charge in [-0.15, -0.1) is 0 Å². The molecule has 114 valence electrons. The topological polar surface area (TPSA) is 102 Å². The van der Waals surface area contributed by atoms with E-state index in [0.717, 1.165) is 6.07 Å². The van der Waals surface area contributed by atoms with Crippen molar-refractivity contribution in [2.24, 2.45) is 0 Å². The highest BCUT2D eigenvalue weighted by atomic mass is 32.2.